The monoisotopic (exact) mass is 282 g/mol. The highest BCUT2D eigenvalue weighted by atomic mass is 35.5. The van der Waals surface area contributed by atoms with E-state index in [1.807, 2.05) is 0 Å². The molecule has 0 N–H and O–H groups in total. The summed E-state index contributed by atoms with van der Waals surface area (Å²) in [5.74, 6) is -18.6. The Morgan fingerprint density at radius 1 is 0.467 bits per heavy atom. The fraction of sp³-hybridized carbons (Fsp3) is 1.00. The molecule has 1 saturated carbocycles. The molecule has 2 atom stereocenters. The van der Waals surface area contributed by atoms with Crippen LogP contribution in [-0.4, -0.2) is 28.0 Å². The minimum Gasteiger partial charge on any atom is -0.214 e. The lowest BCUT2D eigenvalue weighted by Crippen LogP contribution is -2.50. The Kier molecular flexibility index (Phi) is 2.30. The summed E-state index contributed by atoms with van der Waals surface area (Å²) in [6.45, 7) is 0. The first-order chi connectivity index (χ1) is 6.25. The molecular formula is C5Cl2F8. The van der Waals surface area contributed by atoms with Gasteiger partial charge in [0, 0.05) is 0 Å². The van der Waals surface area contributed by atoms with E-state index >= 15 is 0 Å². The molecule has 0 heterocycles. The summed E-state index contributed by atoms with van der Waals surface area (Å²) in [6, 6.07) is 0. The Morgan fingerprint density at radius 2 is 0.667 bits per heavy atom. The highest BCUT2D eigenvalue weighted by Crippen LogP contribution is 2.71. The third-order valence-corrected chi connectivity index (χ3v) is 3.06. The van der Waals surface area contributed by atoms with Crippen molar-refractivity contribution in [3.63, 3.8) is 0 Å². The molecule has 0 aromatic carbocycles. The predicted octanol–water partition coefficient (Wildman–Crippen LogP) is 3.72. The number of halogens is 10. The van der Waals surface area contributed by atoms with Crippen LogP contribution in [0, 0.1) is 0 Å². The first-order valence-corrected chi connectivity index (χ1v) is 3.90. The lowest BCUT2D eigenvalue weighted by Gasteiger charge is -2.25. The van der Waals surface area contributed by atoms with Crippen LogP contribution in [0.4, 0.5) is 35.1 Å². The van der Waals surface area contributed by atoms with E-state index in [2.05, 4.69) is 23.2 Å². The smallest absolute Gasteiger partial charge is 0.214 e. The second-order valence-corrected chi connectivity index (χ2v) is 3.91. The van der Waals surface area contributed by atoms with Gasteiger partial charge >= 0.3 is 28.0 Å². The van der Waals surface area contributed by atoms with Gasteiger partial charge in [0.05, 0.1) is 0 Å². The highest BCUT2D eigenvalue weighted by Gasteiger charge is 2.99. The van der Waals surface area contributed by atoms with Crippen LogP contribution in [0.3, 0.4) is 0 Å². The molecule has 1 rings (SSSR count). The number of rotatable bonds is 0. The van der Waals surface area contributed by atoms with Gasteiger partial charge in [-0.15, -0.1) is 0 Å². The molecule has 0 unspecified atom stereocenters. The van der Waals surface area contributed by atoms with Crippen LogP contribution in [0.5, 0.6) is 0 Å². The van der Waals surface area contributed by atoms with Gasteiger partial charge in [-0.2, -0.15) is 26.3 Å². The van der Waals surface area contributed by atoms with Crippen molar-refractivity contribution in [1.82, 2.24) is 0 Å². The molecule has 1 fully saturated rings. The van der Waals surface area contributed by atoms with E-state index in [0.29, 0.717) is 0 Å². The zero-order chi connectivity index (χ0) is 12.5. The topological polar surface area (TPSA) is 0 Å². The molecule has 1 aliphatic rings. The minimum atomic E-state index is -6.33. The van der Waals surface area contributed by atoms with Gasteiger partial charge in [0.1, 0.15) is 0 Å². The second kappa shape index (κ2) is 2.64. The Labute approximate surface area is 87.1 Å². The molecule has 15 heavy (non-hydrogen) atoms. The maximum Gasteiger partial charge on any atom is 0.381 e. The SMILES string of the molecule is FC1(F)C(F)(F)[C@](F)(Cl)[C@@](F)(Cl)C1(F)F. The molecule has 0 aromatic heterocycles. The largest absolute Gasteiger partial charge is 0.381 e. The molecular weight excluding hydrogens is 283 g/mol. The van der Waals surface area contributed by atoms with Gasteiger partial charge in [-0.25, -0.2) is 8.78 Å². The van der Waals surface area contributed by atoms with E-state index in [9.17, 15) is 35.1 Å². The summed E-state index contributed by atoms with van der Waals surface area (Å²) in [6.07, 6.45) is 0. The Bertz CT molecular complexity index is 206. The van der Waals surface area contributed by atoms with Gasteiger partial charge in [-0.1, -0.05) is 23.2 Å². The van der Waals surface area contributed by atoms with E-state index < -0.39 is 28.0 Å². The van der Waals surface area contributed by atoms with Gasteiger partial charge in [-0.05, 0) is 0 Å². The van der Waals surface area contributed by atoms with Crippen LogP contribution >= 0.6 is 23.2 Å². The maximum absolute atomic E-state index is 12.7. The molecule has 0 bridgehead atoms. The average Bonchev–Trinajstić information content (AvgIpc) is 2.04. The number of alkyl halides is 10. The van der Waals surface area contributed by atoms with E-state index in [0.717, 1.165) is 0 Å². The normalized spacial score (nSPS) is 46.8. The summed E-state index contributed by atoms with van der Waals surface area (Å²) in [5, 5.41) is -10.8. The molecule has 1 aliphatic carbocycles. The first kappa shape index (κ1) is 13.1. The van der Waals surface area contributed by atoms with E-state index in [4.69, 9.17) is 0 Å². The summed E-state index contributed by atoms with van der Waals surface area (Å²) < 4.78 is 99.8. The standard InChI is InChI=1S/C5Cl2F8/c6-1(8)2(7,9)4(12,13)5(14,15)3(1,10)11/t1-,2-/m0/s1. The Morgan fingerprint density at radius 3 is 0.733 bits per heavy atom. The van der Waals surface area contributed by atoms with Crippen molar-refractivity contribution in [2.75, 3.05) is 0 Å². The molecule has 0 aromatic rings. The quantitative estimate of drug-likeness (QED) is 0.469. The number of hydrogen-bond acceptors (Lipinski definition) is 0. The summed E-state index contributed by atoms with van der Waals surface area (Å²) >= 11 is 8.07. The fourth-order valence-electron chi connectivity index (χ4n) is 0.986. The highest BCUT2D eigenvalue weighted by molar-refractivity contribution is 6.35. The van der Waals surface area contributed by atoms with Crippen molar-refractivity contribution < 1.29 is 35.1 Å². The van der Waals surface area contributed by atoms with Gasteiger partial charge in [0.2, 0.25) is 0 Å². The lowest BCUT2D eigenvalue weighted by molar-refractivity contribution is -0.285. The van der Waals surface area contributed by atoms with Crippen LogP contribution in [0.25, 0.3) is 0 Å². The van der Waals surface area contributed by atoms with E-state index in [1.54, 1.807) is 0 Å². The van der Waals surface area contributed by atoms with Crippen LogP contribution < -0.4 is 0 Å². The molecule has 0 aliphatic heterocycles. The number of hydrogen-bond donors (Lipinski definition) is 0. The molecule has 90 valence electrons. The zero-order valence-corrected chi connectivity index (χ0v) is 7.79. The van der Waals surface area contributed by atoms with Crippen molar-refractivity contribution in [2.24, 2.45) is 0 Å². The average molecular weight is 283 g/mol. The van der Waals surface area contributed by atoms with Crippen LogP contribution in [0.15, 0.2) is 0 Å². The third kappa shape index (κ3) is 0.999. The van der Waals surface area contributed by atoms with E-state index in [1.165, 1.54) is 0 Å². The summed E-state index contributed by atoms with van der Waals surface area (Å²) in [4.78, 5) is 0. The molecule has 0 saturated heterocycles. The van der Waals surface area contributed by atoms with Gasteiger partial charge in [0.25, 0.3) is 0 Å². The lowest BCUT2D eigenvalue weighted by atomic mass is 10.2. The minimum absolute atomic E-state index is 4.04. The van der Waals surface area contributed by atoms with Crippen LogP contribution in [0.1, 0.15) is 0 Å². The third-order valence-electron chi connectivity index (χ3n) is 1.97. The molecule has 10 heteroatoms. The van der Waals surface area contributed by atoms with Crippen molar-refractivity contribution in [3.05, 3.63) is 0 Å². The molecule has 0 nitrogen and oxygen atoms in total. The predicted molar refractivity (Wildman–Crippen MR) is 34.2 cm³/mol. The second-order valence-electron chi connectivity index (χ2n) is 2.87. The van der Waals surface area contributed by atoms with E-state index in [-0.39, 0.29) is 0 Å². The molecule has 0 spiro atoms. The van der Waals surface area contributed by atoms with Gasteiger partial charge in [-0.3, -0.25) is 0 Å². The van der Waals surface area contributed by atoms with Gasteiger partial charge < -0.3 is 0 Å². The van der Waals surface area contributed by atoms with Gasteiger partial charge in [0.15, 0.2) is 0 Å². The maximum atomic E-state index is 12.7. The van der Waals surface area contributed by atoms with Crippen molar-refractivity contribution in [1.29, 1.82) is 0 Å². The van der Waals surface area contributed by atoms with Crippen molar-refractivity contribution >= 4 is 23.2 Å². The van der Waals surface area contributed by atoms with Crippen molar-refractivity contribution in [3.8, 4) is 0 Å². The summed E-state index contributed by atoms with van der Waals surface area (Å²) in [7, 11) is 0. The molecule has 0 amide bonds. The zero-order valence-electron chi connectivity index (χ0n) is 6.28. The molecule has 0 radical (unpaired) electrons. The Hall–Kier alpha value is 0.0200. The first-order valence-electron chi connectivity index (χ1n) is 3.14. The van der Waals surface area contributed by atoms with Crippen molar-refractivity contribution in [2.45, 2.75) is 28.0 Å². The Balaban J connectivity index is 3.55. The van der Waals surface area contributed by atoms with Crippen LogP contribution in [-0.2, 0) is 0 Å². The van der Waals surface area contributed by atoms with Crippen LogP contribution in [0.2, 0.25) is 0 Å². The fourth-order valence-corrected chi connectivity index (χ4v) is 1.46. The summed E-state index contributed by atoms with van der Waals surface area (Å²) in [5.41, 5.74) is 0.